The SMILES string of the molecule is CS(=O)c1ccc(C(=O)OCC(=O)Nc2ccc(SC(F)F)cc2)cc1. The average molecular weight is 399 g/mol. The van der Waals surface area contributed by atoms with Gasteiger partial charge in [0.15, 0.2) is 6.61 Å². The van der Waals surface area contributed by atoms with E-state index in [0.29, 0.717) is 27.2 Å². The molecular weight excluding hydrogens is 384 g/mol. The van der Waals surface area contributed by atoms with Crippen LogP contribution in [0, 0.1) is 0 Å². The highest BCUT2D eigenvalue weighted by molar-refractivity contribution is 7.99. The van der Waals surface area contributed by atoms with Gasteiger partial charge in [-0.05, 0) is 48.5 Å². The minimum atomic E-state index is -2.51. The molecule has 2 aromatic rings. The lowest BCUT2D eigenvalue weighted by Crippen LogP contribution is -2.20. The molecule has 1 unspecified atom stereocenters. The van der Waals surface area contributed by atoms with Crippen LogP contribution in [0.3, 0.4) is 0 Å². The maximum atomic E-state index is 12.2. The zero-order valence-corrected chi connectivity index (χ0v) is 15.2. The second-order valence-electron chi connectivity index (χ2n) is 5.01. The third-order valence-electron chi connectivity index (χ3n) is 3.12. The first kappa shape index (κ1) is 20.1. The normalized spacial score (nSPS) is 11.8. The number of alkyl halides is 2. The summed E-state index contributed by atoms with van der Waals surface area (Å²) in [5.74, 6) is -3.75. The summed E-state index contributed by atoms with van der Waals surface area (Å²) >= 11 is 0.406. The molecule has 0 saturated heterocycles. The Kier molecular flexibility index (Phi) is 7.28. The van der Waals surface area contributed by atoms with Crippen molar-refractivity contribution in [2.24, 2.45) is 0 Å². The molecule has 26 heavy (non-hydrogen) atoms. The zero-order valence-electron chi connectivity index (χ0n) is 13.6. The third kappa shape index (κ3) is 6.23. The highest BCUT2D eigenvalue weighted by atomic mass is 32.2. The minimum Gasteiger partial charge on any atom is -0.452 e. The van der Waals surface area contributed by atoms with E-state index in [9.17, 15) is 22.6 Å². The molecule has 2 aromatic carbocycles. The van der Waals surface area contributed by atoms with Crippen LogP contribution in [0.15, 0.2) is 58.3 Å². The Hall–Kier alpha value is -2.26. The largest absolute Gasteiger partial charge is 0.452 e. The first-order valence-electron chi connectivity index (χ1n) is 7.30. The molecule has 1 N–H and O–H groups in total. The van der Waals surface area contributed by atoms with Gasteiger partial charge >= 0.3 is 5.97 Å². The van der Waals surface area contributed by atoms with Crippen molar-refractivity contribution in [2.45, 2.75) is 15.5 Å². The molecule has 0 aromatic heterocycles. The van der Waals surface area contributed by atoms with Crippen LogP contribution in [0.25, 0.3) is 0 Å². The van der Waals surface area contributed by atoms with E-state index in [4.69, 9.17) is 4.74 Å². The summed E-state index contributed by atoms with van der Waals surface area (Å²) in [6.07, 6.45) is 1.52. The van der Waals surface area contributed by atoms with Crippen LogP contribution in [0.2, 0.25) is 0 Å². The van der Waals surface area contributed by atoms with Crippen molar-refractivity contribution >= 4 is 40.1 Å². The summed E-state index contributed by atoms with van der Waals surface area (Å²) in [7, 11) is -1.15. The third-order valence-corrected chi connectivity index (χ3v) is 4.78. The van der Waals surface area contributed by atoms with Gasteiger partial charge in [0.2, 0.25) is 0 Å². The Balaban J connectivity index is 1.84. The molecule has 2 rings (SSSR count). The maximum Gasteiger partial charge on any atom is 0.338 e. The highest BCUT2D eigenvalue weighted by Gasteiger charge is 2.11. The molecule has 9 heteroatoms. The zero-order chi connectivity index (χ0) is 19.1. The molecule has 0 aliphatic rings. The van der Waals surface area contributed by atoms with E-state index >= 15 is 0 Å². The number of carbonyl (C=O) groups is 2. The van der Waals surface area contributed by atoms with Crippen LogP contribution in [-0.2, 0) is 20.3 Å². The molecule has 0 radical (unpaired) electrons. The second kappa shape index (κ2) is 9.44. The fraction of sp³-hybridized carbons (Fsp3) is 0.176. The monoisotopic (exact) mass is 399 g/mol. The van der Waals surface area contributed by atoms with Crippen LogP contribution in [0.5, 0.6) is 0 Å². The number of thioether (sulfide) groups is 1. The molecule has 0 saturated carbocycles. The minimum absolute atomic E-state index is 0.236. The Bertz CT molecular complexity index is 795. The molecule has 0 fully saturated rings. The van der Waals surface area contributed by atoms with Crippen molar-refractivity contribution in [1.29, 1.82) is 0 Å². The van der Waals surface area contributed by atoms with E-state index in [1.165, 1.54) is 42.7 Å². The van der Waals surface area contributed by atoms with Gasteiger partial charge in [-0.2, -0.15) is 8.78 Å². The number of esters is 1. The predicted molar refractivity (Wildman–Crippen MR) is 96.0 cm³/mol. The van der Waals surface area contributed by atoms with Crippen molar-refractivity contribution in [2.75, 3.05) is 18.2 Å². The van der Waals surface area contributed by atoms with Gasteiger partial charge in [0, 0.05) is 32.5 Å². The Morgan fingerprint density at radius 3 is 2.27 bits per heavy atom. The molecule has 0 heterocycles. The number of ether oxygens (including phenoxy) is 1. The van der Waals surface area contributed by atoms with Crippen LogP contribution >= 0.6 is 11.8 Å². The van der Waals surface area contributed by atoms with E-state index in [1.54, 1.807) is 12.1 Å². The molecule has 138 valence electrons. The van der Waals surface area contributed by atoms with Crippen LogP contribution in [-0.4, -0.2) is 34.7 Å². The number of benzene rings is 2. The van der Waals surface area contributed by atoms with Crippen molar-refractivity contribution in [3.63, 3.8) is 0 Å². The van der Waals surface area contributed by atoms with Gasteiger partial charge in [0.1, 0.15) is 0 Å². The number of halogens is 2. The van der Waals surface area contributed by atoms with Crippen LogP contribution in [0.1, 0.15) is 10.4 Å². The lowest BCUT2D eigenvalue weighted by molar-refractivity contribution is -0.119. The van der Waals surface area contributed by atoms with Crippen LogP contribution in [0.4, 0.5) is 14.5 Å². The number of rotatable bonds is 7. The van der Waals surface area contributed by atoms with Crippen molar-refractivity contribution in [1.82, 2.24) is 0 Å². The number of amides is 1. The van der Waals surface area contributed by atoms with Gasteiger partial charge in [0.25, 0.3) is 11.7 Å². The number of hydrogen-bond acceptors (Lipinski definition) is 5. The molecule has 0 bridgehead atoms. The molecule has 5 nitrogen and oxygen atoms in total. The van der Waals surface area contributed by atoms with Crippen molar-refractivity contribution < 1.29 is 27.3 Å². The average Bonchev–Trinajstić information content (AvgIpc) is 2.61. The van der Waals surface area contributed by atoms with E-state index in [0.717, 1.165) is 0 Å². The van der Waals surface area contributed by atoms with E-state index in [2.05, 4.69) is 5.32 Å². The summed E-state index contributed by atoms with van der Waals surface area (Å²) in [5, 5.41) is 2.50. The van der Waals surface area contributed by atoms with Crippen molar-refractivity contribution in [3.05, 3.63) is 54.1 Å². The molecule has 1 atom stereocenters. The number of carbonyl (C=O) groups excluding carboxylic acids is 2. The lowest BCUT2D eigenvalue weighted by Gasteiger charge is -2.08. The number of hydrogen-bond donors (Lipinski definition) is 1. The highest BCUT2D eigenvalue weighted by Crippen LogP contribution is 2.26. The van der Waals surface area contributed by atoms with Gasteiger partial charge in [-0.3, -0.25) is 9.00 Å². The Morgan fingerprint density at radius 1 is 1.12 bits per heavy atom. The first-order chi connectivity index (χ1) is 12.3. The fourth-order valence-electron chi connectivity index (χ4n) is 1.91. The molecule has 0 aliphatic carbocycles. The standard InChI is InChI=1S/C17H15F2NO4S2/c1-26(23)14-8-2-11(3-9-14)16(22)24-10-15(21)20-12-4-6-13(7-5-12)25-17(18)19/h2-9,17H,10H2,1H3,(H,20,21). The Morgan fingerprint density at radius 2 is 1.73 bits per heavy atom. The van der Waals surface area contributed by atoms with Gasteiger partial charge in [-0.25, -0.2) is 4.79 Å². The Labute approximate surface area is 155 Å². The summed E-state index contributed by atoms with van der Waals surface area (Å²) < 4.78 is 40.7. The maximum absolute atomic E-state index is 12.2. The van der Waals surface area contributed by atoms with E-state index in [1.807, 2.05) is 0 Å². The number of anilines is 1. The first-order valence-corrected chi connectivity index (χ1v) is 9.74. The molecule has 0 spiro atoms. The van der Waals surface area contributed by atoms with Gasteiger partial charge in [-0.1, -0.05) is 11.8 Å². The molecule has 0 aliphatic heterocycles. The lowest BCUT2D eigenvalue weighted by atomic mass is 10.2. The van der Waals surface area contributed by atoms with Crippen molar-refractivity contribution in [3.8, 4) is 0 Å². The van der Waals surface area contributed by atoms with Crippen LogP contribution < -0.4 is 5.32 Å². The quantitative estimate of drug-likeness (QED) is 0.570. The smallest absolute Gasteiger partial charge is 0.338 e. The van der Waals surface area contributed by atoms with Gasteiger partial charge in [-0.15, -0.1) is 0 Å². The van der Waals surface area contributed by atoms with Gasteiger partial charge < -0.3 is 10.1 Å². The molecule has 1 amide bonds. The van der Waals surface area contributed by atoms with Gasteiger partial charge in [0.05, 0.1) is 5.56 Å². The summed E-state index contributed by atoms with van der Waals surface area (Å²) in [5.41, 5.74) is 0.639. The molecular formula is C17H15F2NO4S2. The second-order valence-corrected chi connectivity index (χ2v) is 7.45. The number of nitrogens with one attached hydrogen (secondary N) is 1. The summed E-state index contributed by atoms with van der Waals surface area (Å²) in [4.78, 5) is 24.6. The van der Waals surface area contributed by atoms with E-state index in [-0.39, 0.29) is 5.56 Å². The summed E-state index contributed by atoms with van der Waals surface area (Å²) in [6.45, 7) is -0.492. The van der Waals surface area contributed by atoms with E-state index < -0.39 is 35.0 Å². The summed E-state index contributed by atoms with van der Waals surface area (Å²) in [6, 6.07) is 11.9. The predicted octanol–water partition coefficient (Wildman–Crippen LogP) is 3.53. The fourth-order valence-corrected chi connectivity index (χ4v) is 2.93. The topological polar surface area (TPSA) is 72.5 Å².